The van der Waals surface area contributed by atoms with Gasteiger partial charge in [0.15, 0.2) is 0 Å². The number of carbonyl (C=O) groups excluding carboxylic acids is 1. The second-order valence-corrected chi connectivity index (χ2v) is 9.43. The Morgan fingerprint density at radius 1 is 1.32 bits per heavy atom. The van der Waals surface area contributed by atoms with Gasteiger partial charge in [0.1, 0.15) is 16.4 Å². The van der Waals surface area contributed by atoms with Crippen molar-refractivity contribution >= 4 is 27.5 Å². The number of fused-ring (bicyclic) bond motifs is 2. The molecule has 1 atom stereocenters. The summed E-state index contributed by atoms with van der Waals surface area (Å²) in [4.78, 5) is 34.8. The molecule has 5 rings (SSSR count). The summed E-state index contributed by atoms with van der Waals surface area (Å²) in [5, 5.41) is 0.592. The van der Waals surface area contributed by atoms with Crippen molar-refractivity contribution in [3.63, 3.8) is 0 Å². The van der Waals surface area contributed by atoms with Crippen LogP contribution < -0.4 is 5.56 Å². The molecule has 8 heteroatoms. The molecule has 3 aromatic heterocycles. The Kier molecular flexibility index (Phi) is 5.67. The summed E-state index contributed by atoms with van der Waals surface area (Å²) < 4.78 is 13.1. The van der Waals surface area contributed by atoms with Gasteiger partial charge in [-0.05, 0) is 50.3 Å². The van der Waals surface area contributed by atoms with Gasteiger partial charge in [-0.1, -0.05) is 6.42 Å². The second-order valence-electron chi connectivity index (χ2n) is 8.43. The molecular formula is C23H27N3O4S. The zero-order valence-electron chi connectivity index (χ0n) is 17.8. The van der Waals surface area contributed by atoms with Gasteiger partial charge < -0.3 is 14.1 Å². The summed E-state index contributed by atoms with van der Waals surface area (Å²) in [6, 6.07) is 3.70. The lowest BCUT2D eigenvalue weighted by Gasteiger charge is -2.24. The zero-order chi connectivity index (χ0) is 21.4. The molecule has 0 radical (unpaired) electrons. The van der Waals surface area contributed by atoms with Crippen molar-refractivity contribution < 1.29 is 13.9 Å². The van der Waals surface area contributed by atoms with Gasteiger partial charge in [0, 0.05) is 26.1 Å². The quantitative estimate of drug-likeness (QED) is 0.600. The zero-order valence-corrected chi connectivity index (χ0v) is 18.6. The lowest BCUT2D eigenvalue weighted by atomic mass is 10.1. The Hall–Kier alpha value is -2.45. The summed E-state index contributed by atoms with van der Waals surface area (Å²) in [5.41, 5.74) is 0.727. The fraction of sp³-hybridized carbons (Fsp3) is 0.522. The predicted octanol–water partition coefficient (Wildman–Crippen LogP) is 3.91. The number of hydrogen-bond acceptors (Lipinski definition) is 6. The first kappa shape index (κ1) is 20.5. The monoisotopic (exact) mass is 441 g/mol. The molecular weight excluding hydrogens is 414 g/mol. The Labute approximate surface area is 184 Å². The Bertz CT molecular complexity index is 1140. The number of aromatic nitrogens is 2. The first-order valence-electron chi connectivity index (χ1n) is 11.1. The number of hydrogen-bond donors (Lipinski definition) is 0. The van der Waals surface area contributed by atoms with E-state index in [0.29, 0.717) is 34.7 Å². The van der Waals surface area contributed by atoms with Gasteiger partial charge in [-0.2, -0.15) is 0 Å². The van der Waals surface area contributed by atoms with Crippen LogP contribution in [0.1, 0.15) is 58.9 Å². The number of amides is 1. The number of furan rings is 1. The normalized spacial score (nSPS) is 18.8. The van der Waals surface area contributed by atoms with Crippen molar-refractivity contribution in [2.75, 3.05) is 13.2 Å². The molecule has 1 unspecified atom stereocenters. The van der Waals surface area contributed by atoms with E-state index in [-0.39, 0.29) is 17.6 Å². The molecule has 7 nitrogen and oxygen atoms in total. The molecule has 164 valence electrons. The average Bonchev–Trinajstić information content (AvgIpc) is 3.48. The fourth-order valence-electron chi connectivity index (χ4n) is 4.60. The van der Waals surface area contributed by atoms with Crippen molar-refractivity contribution in [2.45, 2.75) is 64.6 Å². The molecule has 1 saturated heterocycles. The summed E-state index contributed by atoms with van der Waals surface area (Å²) in [6.45, 7) is 4.20. The van der Waals surface area contributed by atoms with Crippen LogP contribution in [0.25, 0.3) is 10.2 Å². The first-order chi connectivity index (χ1) is 15.1. The number of carbonyl (C=O) groups is 1. The molecule has 2 aliphatic heterocycles. The summed E-state index contributed by atoms with van der Waals surface area (Å²) in [7, 11) is 0. The van der Waals surface area contributed by atoms with Gasteiger partial charge in [-0.25, -0.2) is 4.98 Å². The van der Waals surface area contributed by atoms with E-state index in [0.717, 1.165) is 62.3 Å². The molecule has 31 heavy (non-hydrogen) atoms. The van der Waals surface area contributed by atoms with Gasteiger partial charge >= 0.3 is 0 Å². The third kappa shape index (κ3) is 3.94. The van der Waals surface area contributed by atoms with Crippen LogP contribution >= 0.6 is 11.3 Å². The summed E-state index contributed by atoms with van der Waals surface area (Å²) in [6.07, 6.45) is 7.59. The van der Waals surface area contributed by atoms with E-state index < -0.39 is 0 Å². The Morgan fingerprint density at radius 2 is 2.23 bits per heavy atom. The minimum absolute atomic E-state index is 0.00795. The van der Waals surface area contributed by atoms with Gasteiger partial charge in [-0.3, -0.25) is 14.2 Å². The highest BCUT2D eigenvalue weighted by molar-refractivity contribution is 7.20. The van der Waals surface area contributed by atoms with Crippen LogP contribution in [0.4, 0.5) is 0 Å². The van der Waals surface area contributed by atoms with Crippen molar-refractivity contribution in [3.05, 3.63) is 50.8 Å². The van der Waals surface area contributed by atoms with E-state index in [1.54, 1.807) is 11.2 Å². The number of ether oxygens (including phenoxy) is 1. The highest BCUT2D eigenvalue weighted by atomic mass is 32.1. The predicted molar refractivity (Wildman–Crippen MR) is 119 cm³/mol. The van der Waals surface area contributed by atoms with Crippen molar-refractivity contribution in [3.8, 4) is 0 Å². The standard InChI is InChI=1S/C23H27N3O4S/c1-15-19-21(24-18-9-3-2-4-10-26(18)22(19)27)31-20(15)23(28)25(13-16-7-5-11-29-16)14-17-8-6-12-30-17/h5,7,11,17H,2-4,6,8-10,12-14H2,1H3. The molecule has 0 bridgehead atoms. The van der Waals surface area contributed by atoms with Crippen LogP contribution in [0.5, 0.6) is 0 Å². The van der Waals surface area contributed by atoms with Gasteiger partial charge in [0.2, 0.25) is 0 Å². The number of nitrogens with zero attached hydrogens (tertiary/aromatic N) is 3. The largest absolute Gasteiger partial charge is 0.467 e. The topological polar surface area (TPSA) is 77.6 Å². The molecule has 0 N–H and O–H groups in total. The number of aryl methyl sites for hydroxylation is 2. The highest BCUT2D eigenvalue weighted by Gasteiger charge is 2.28. The summed E-state index contributed by atoms with van der Waals surface area (Å²) in [5.74, 6) is 1.49. The molecule has 2 aliphatic rings. The molecule has 5 heterocycles. The number of rotatable bonds is 5. The number of thiophene rings is 1. The van der Waals surface area contributed by atoms with Gasteiger partial charge in [0.25, 0.3) is 11.5 Å². The van der Waals surface area contributed by atoms with Crippen LogP contribution in [0, 0.1) is 6.92 Å². The lowest BCUT2D eigenvalue weighted by molar-refractivity contribution is 0.0495. The van der Waals surface area contributed by atoms with Crippen molar-refractivity contribution in [2.24, 2.45) is 0 Å². The Morgan fingerprint density at radius 3 is 3.00 bits per heavy atom. The minimum Gasteiger partial charge on any atom is -0.467 e. The van der Waals surface area contributed by atoms with Crippen LogP contribution in [0.2, 0.25) is 0 Å². The molecule has 0 saturated carbocycles. The first-order valence-corrected chi connectivity index (χ1v) is 11.9. The molecule has 3 aromatic rings. The lowest BCUT2D eigenvalue weighted by Crippen LogP contribution is -2.36. The maximum absolute atomic E-state index is 13.6. The van der Waals surface area contributed by atoms with E-state index in [2.05, 4.69) is 0 Å². The molecule has 1 amide bonds. The third-order valence-corrected chi connectivity index (χ3v) is 7.44. The van der Waals surface area contributed by atoms with Gasteiger partial charge in [0.05, 0.1) is 29.2 Å². The van der Waals surface area contributed by atoms with E-state index in [1.165, 1.54) is 11.3 Å². The SMILES string of the molecule is Cc1c(C(=O)N(Cc2ccco2)CC2CCCO2)sc2nc3n(c(=O)c12)CCCCC3. The third-order valence-electron chi connectivity index (χ3n) is 6.27. The van der Waals surface area contributed by atoms with Crippen LogP contribution in [0.3, 0.4) is 0 Å². The van der Waals surface area contributed by atoms with Crippen molar-refractivity contribution in [1.29, 1.82) is 0 Å². The van der Waals surface area contributed by atoms with Gasteiger partial charge in [-0.15, -0.1) is 11.3 Å². The van der Waals surface area contributed by atoms with Crippen molar-refractivity contribution in [1.82, 2.24) is 14.5 Å². The van der Waals surface area contributed by atoms with Crippen LogP contribution in [-0.2, 0) is 24.2 Å². The van der Waals surface area contributed by atoms with E-state index in [4.69, 9.17) is 14.1 Å². The average molecular weight is 442 g/mol. The Balaban J connectivity index is 1.52. The molecule has 0 aromatic carbocycles. The van der Waals surface area contributed by atoms with E-state index in [9.17, 15) is 9.59 Å². The minimum atomic E-state index is -0.0907. The molecule has 0 aliphatic carbocycles. The van der Waals surface area contributed by atoms with E-state index >= 15 is 0 Å². The maximum atomic E-state index is 13.6. The molecule has 1 fully saturated rings. The summed E-state index contributed by atoms with van der Waals surface area (Å²) >= 11 is 1.34. The highest BCUT2D eigenvalue weighted by Crippen LogP contribution is 2.30. The smallest absolute Gasteiger partial charge is 0.264 e. The van der Waals surface area contributed by atoms with Crippen LogP contribution in [-0.4, -0.2) is 39.6 Å². The maximum Gasteiger partial charge on any atom is 0.264 e. The van der Waals surface area contributed by atoms with E-state index in [1.807, 2.05) is 23.6 Å². The molecule has 0 spiro atoms. The second kappa shape index (κ2) is 8.59. The van der Waals surface area contributed by atoms with Crippen LogP contribution in [0.15, 0.2) is 27.6 Å². The fourth-order valence-corrected chi connectivity index (χ4v) is 5.76.